The highest BCUT2D eigenvalue weighted by Gasteiger charge is 2.11. The third kappa shape index (κ3) is 10.7. The first kappa shape index (κ1) is 14.7. The Balaban J connectivity index is 3.36. The average Bonchev–Trinajstić information content (AvgIpc) is 1.95. The Bertz CT molecular complexity index is 143. The van der Waals surface area contributed by atoms with E-state index in [4.69, 9.17) is 4.43 Å². The quantitative estimate of drug-likeness (QED) is 0.400. The number of hydrogen-bond donors (Lipinski definition) is 0. The molecule has 0 rings (SSSR count). The molecule has 0 amide bonds. The summed E-state index contributed by atoms with van der Waals surface area (Å²) in [6.45, 7) is 11.3. The standard InChI is InChI=1S/C11H25BrOSi/c1-11(2,3)9-7-6-8-10(12)13-14(4)5/h10,14H,6-9H2,1-5H3. The van der Waals surface area contributed by atoms with Crippen molar-refractivity contribution in [2.45, 2.75) is 64.6 Å². The molecule has 0 aromatic heterocycles. The normalized spacial score (nSPS) is 14.8. The van der Waals surface area contributed by atoms with Crippen LogP contribution in [0.25, 0.3) is 0 Å². The van der Waals surface area contributed by atoms with Crippen LogP contribution in [0.4, 0.5) is 0 Å². The molecule has 0 bridgehead atoms. The van der Waals surface area contributed by atoms with Crippen LogP contribution in [0.5, 0.6) is 0 Å². The molecule has 0 aliphatic heterocycles. The van der Waals surface area contributed by atoms with Crippen molar-refractivity contribution in [1.29, 1.82) is 0 Å². The Kier molecular flexibility index (Phi) is 7.35. The van der Waals surface area contributed by atoms with Crippen LogP contribution in [-0.4, -0.2) is 14.1 Å². The molecule has 0 N–H and O–H groups in total. The van der Waals surface area contributed by atoms with Gasteiger partial charge in [-0.15, -0.1) is 0 Å². The second kappa shape index (κ2) is 7.02. The van der Waals surface area contributed by atoms with Gasteiger partial charge >= 0.3 is 0 Å². The minimum absolute atomic E-state index is 0.300. The molecule has 3 heteroatoms. The summed E-state index contributed by atoms with van der Waals surface area (Å²) in [5.74, 6) is 0. The Hall–Kier alpha value is 0.657. The predicted molar refractivity (Wildman–Crippen MR) is 70.6 cm³/mol. The van der Waals surface area contributed by atoms with Crippen LogP contribution < -0.4 is 0 Å². The van der Waals surface area contributed by atoms with E-state index in [0.29, 0.717) is 10.4 Å². The summed E-state index contributed by atoms with van der Waals surface area (Å²) in [6, 6.07) is 0. The van der Waals surface area contributed by atoms with Crippen molar-refractivity contribution in [3.05, 3.63) is 0 Å². The van der Waals surface area contributed by atoms with E-state index < -0.39 is 9.04 Å². The second-order valence-corrected chi connectivity index (χ2v) is 8.79. The van der Waals surface area contributed by atoms with Crippen molar-refractivity contribution in [3.8, 4) is 0 Å². The molecule has 0 spiro atoms. The Morgan fingerprint density at radius 2 is 1.79 bits per heavy atom. The predicted octanol–water partition coefficient (Wildman–Crippen LogP) is 4.31. The Labute approximate surface area is 99.5 Å². The van der Waals surface area contributed by atoms with Crippen LogP contribution in [0.3, 0.4) is 0 Å². The van der Waals surface area contributed by atoms with Crippen molar-refractivity contribution in [1.82, 2.24) is 0 Å². The van der Waals surface area contributed by atoms with E-state index in [9.17, 15) is 0 Å². The van der Waals surface area contributed by atoms with E-state index in [1.807, 2.05) is 0 Å². The summed E-state index contributed by atoms with van der Waals surface area (Å²) in [5, 5.41) is 0.300. The highest BCUT2D eigenvalue weighted by atomic mass is 79.9. The van der Waals surface area contributed by atoms with Gasteiger partial charge in [-0.1, -0.05) is 49.5 Å². The first-order valence-corrected chi connectivity index (χ1v) is 9.30. The lowest BCUT2D eigenvalue weighted by Gasteiger charge is -2.18. The lowest BCUT2D eigenvalue weighted by molar-refractivity contribution is 0.276. The number of hydrogen-bond acceptors (Lipinski definition) is 1. The molecule has 0 heterocycles. The van der Waals surface area contributed by atoms with Gasteiger partial charge in [0.15, 0.2) is 9.04 Å². The molecule has 0 aliphatic rings. The molecular formula is C11H25BrOSi. The summed E-state index contributed by atoms with van der Waals surface area (Å²) in [5.41, 5.74) is 0.482. The molecule has 0 saturated carbocycles. The maximum atomic E-state index is 5.74. The second-order valence-electron chi connectivity index (χ2n) is 5.40. The van der Waals surface area contributed by atoms with Gasteiger partial charge in [0.05, 0.1) is 0 Å². The summed E-state index contributed by atoms with van der Waals surface area (Å²) in [4.78, 5) is 0. The fourth-order valence-electron chi connectivity index (χ4n) is 1.32. The van der Waals surface area contributed by atoms with Crippen molar-refractivity contribution in [3.63, 3.8) is 0 Å². The van der Waals surface area contributed by atoms with Gasteiger partial charge < -0.3 is 4.43 Å². The topological polar surface area (TPSA) is 9.23 Å². The highest BCUT2D eigenvalue weighted by Crippen LogP contribution is 2.23. The van der Waals surface area contributed by atoms with E-state index in [0.717, 1.165) is 6.42 Å². The van der Waals surface area contributed by atoms with Crippen LogP contribution in [-0.2, 0) is 4.43 Å². The molecule has 0 fully saturated rings. The van der Waals surface area contributed by atoms with Gasteiger partial charge in [-0.2, -0.15) is 0 Å². The van der Waals surface area contributed by atoms with Crippen molar-refractivity contribution in [2.75, 3.05) is 0 Å². The van der Waals surface area contributed by atoms with Crippen LogP contribution in [0.1, 0.15) is 46.5 Å². The molecule has 0 saturated heterocycles. The van der Waals surface area contributed by atoms with Crippen LogP contribution in [0.15, 0.2) is 0 Å². The zero-order chi connectivity index (χ0) is 11.2. The van der Waals surface area contributed by atoms with Crippen molar-refractivity contribution in [2.24, 2.45) is 5.41 Å². The first-order valence-electron chi connectivity index (χ1n) is 5.61. The Morgan fingerprint density at radius 3 is 2.21 bits per heavy atom. The van der Waals surface area contributed by atoms with E-state index in [1.54, 1.807) is 0 Å². The molecule has 0 aliphatic carbocycles. The molecule has 1 unspecified atom stereocenters. The highest BCUT2D eigenvalue weighted by molar-refractivity contribution is 9.09. The molecule has 1 atom stereocenters. The fraction of sp³-hybridized carbons (Fsp3) is 1.00. The number of unbranched alkanes of at least 4 members (excludes halogenated alkanes) is 1. The van der Waals surface area contributed by atoms with E-state index >= 15 is 0 Å². The molecule has 86 valence electrons. The minimum atomic E-state index is -0.860. The van der Waals surface area contributed by atoms with Crippen LogP contribution in [0.2, 0.25) is 13.1 Å². The maximum absolute atomic E-state index is 5.74. The summed E-state index contributed by atoms with van der Waals surface area (Å²) in [7, 11) is -0.860. The fourth-order valence-corrected chi connectivity index (χ4v) is 3.67. The van der Waals surface area contributed by atoms with Gasteiger partial charge in [-0.05, 0) is 31.4 Å². The molecule has 0 radical (unpaired) electrons. The van der Waals surface area contributed by atoms with Gasteiger partial charge in [0.25, 0.3) is 0 Å². The maximum Gasteiger partial charge on any atom is 0.172 e. The van der Waals surface area contributed by atoms with Gasteiger partial charge in [0.2, 0.25) is 0 Å². The number of halogens is 1. The third-order valence-corrected chi connectivity index (χ3v) is 3.97. The van der Waals surface area contributed by atoms with Gasteiger partial charge in [-0.3, -0.25) is 0 Å². The van der Waals surface area contributed by atoms with Crippen molar-refractivity contribution >= 4 is 25.0 Å². The number of rotatable bonds is 6. The largest absolute Gasteiger partial charge is 0.408 e. The molecule has 14 heavy (non-hydrogen) atoms. The average molecular weight is 281 g/mol. The Morgan fingerprint density at radius 1 is 1.21 bits per heavy atom. The molecule has 0 aromatic rings. The number of alkyl halides is 1. The van der Waals surface area contributed by atoms with Gasteiger partial charge in [0.1, 0.15) is 5.01 Å². The van der Waals surface area contributed by atoms with Crippen molar-refractivity contribution < 1.29 is 4.43 Å². The van der Waals surface area contributed by atoms with E-state index in [1.165, 1.54) is 19.3 Å². The monoisotopic (exact) mass is 280 g/mol. The van der Waals surface area contributed by atoms with E-state index in [-0.39, 0.29) is 0 Å². The SMILES string of the molecule is C[SiH](C)OC(Br)CCCCC(C)(C)C. The lowest BCUT2D eigenvalue weighted by Crippen LogP contribution is -2.15. The summed E-state index contributed by atoms with van der Waals surface area (Å²) < 4.78 is 5.74. The zero-order valence-corrected chi connectivity index (χ0v) is 13.0. The zero-order valence-electron chi connectivity index (χ0n) is 10.3. The van der Waals surface area contributed by atoms with Crippen LogP contribution in [0, 0.1) is 5.41 Å². The summed E-state index contributed by atoms with van der Waals surface area (Å²) >= 11 is 3.57. The lowest BCUT2D eigenvalue weighted by atomic mass is 9.89. The van der Waals surface area contributed by atoms with Crippen LogP contribution >= 0.6 is 15.9 Å². The van der Waals surface area contributed by atoms with E-state index in [2.05, 4.69) is 49.8 Å². The van der Waals surface area contributed by atoms with Gasteiger partial charge in [0, 0.05) is 0 Å². The molecule has 1 nitrogen and oxygen atoms in total. The molecule has 0 aromatic carbocycles. The first-order chi connectivity index (χ1) is 6.31. The molecular weight excluding hydrogens is 256 g/mol. The smallest absolute Gasteiger partial charge is 0.172 e. The summed E-state index contributed by atoms with van der Waals surface area (Å²) in [6.07, 6.45) is 5.05. The van der Waals surface area contributed by atoms with Gasteiger partial charge in [-0.25, -0.2) is 0 Å². The minimum Gasteiger partial charge on any atom is -0.408 e. The third-order valence-electron chi connectivity index (χ3n) is 2.03.